The summed E-state index contributed by atoms with van der Waals surface area (Å²) in [7, 11) is 0. The third-order valence-electron chi connectivity index (χ3n) is 3.63. The molecule has 2 heteroatoms. The molecule has 0 saturated heterocycles. The van der Waals surface area contributed by atoms with Gasteiger partial charge in [-0.15, -0.1) is 0 Å². The van der Waals surface area contributed by atoms with Gasteiger partial charge in [0.25, 0.3) is 0 Å². The van der Waals surface area contributed by atoms with Gasteiger partial charge >= 0.3 is 0 Å². The first-order valence-corrected chi connectivity index (χ1v) is 7.94. The molecule has 0 heterocycles. The second-order valence-corrected chi connectivity index (χ2v) is 6.11. The smallest absolute Gasteiger partial charge is 0.104 e. The number of hydrogen-bond acceptors (Lipinski definition) is 1. The number of aliphatic hydroxyl groups is 1. The minimum Gasteiger partial charge on any atom is -0.384 e. The summed E-state index contributed by atoms with van der Waals surface area (Å²) in [5, 5.41) is 10.5. The van der Waals surface area contributed by atoms with Crippen LogP contribution in [0.5, 0.6) is 0 Å². The molecule has 2 rings (SSSR count). The van der Waals surface area contributed by atoms with Gasteiger partial charge in [0.2, 0.25) is 0 Å². The average Bonchev–Trinajstić information content (AvgIpc) is 2.48. The summed E-state index contributed by atoms with van der Waals surface area (Å²) in [6, 6.07) is 14.3. The van der Waals surface area contributed by atoms with Crippen molar-refractivity contribution in [2.24, 2.45) is 0 Å². The number of benzene rings is 2. The summed E-state index contributed by atoms with van der Waals surface area (Å²) in [6.07, 6.45) is 2.98. The molecule has 20 heavy (non-hydrogen) atoms. The van der Waals surface area contributed by atoms with Gasteiger partial charge in [0.05, 0.1) is 0 Å². The molecule has 1 unspecified atom stereocenters. The normalized spacial score (nSPS) is 12.4. The van der Waals surface area contributed by atoms with Gasteiger partial charge in [0.1, 0.15) is 6.10 Å². The lowest BCUT2D eigenvalue weighted by atomic mass is 9.98. The molecule has 0 amide bonds. The SMILES string of the molecule is CCCCc1ccc(C(O)c2ccc(C)c(Br)c2)cc1. The number of aryl methyl sites for hydroxylation is 2. The third-order valence-corrected chi connectivity index (χ3v) is 4.48. The van der Waals surface area contributed by atoms with Crippen molar-refractivity contribution in [2.75, 3.05) is 0 Å². The van der Waals surface area contributed by atoms with Gasteiger partial charge in [-0.3, -0.25) is 0 Å². The van der Waals surface area contributed by atoms with Crippen LogP contribution in [0.15, 0.2) is 46.9 Å². The molecule has 0 spiro atoms. The first-order chi connectivity index (χ1) is 9.61. The van der Waals surface area contributed by atoms with E-state index in [9.17, 15) is 5.11 Å². The Morgan fingerprint density at radius 3 is 2.30 bits per heavy atom. The Kier molecular flexibility index (Phi) is 5.38. The Morgan fingerprint density at radius 2 is 1.70 bits per heavy atom. The quantitative estimate of drug-likeness (QED) is 0.799. The molecular formula is C18H21BrO. The van der Waals surface area contributed by atoms with Crippen LogP contribution in [0.2, 0.25) is 0 Å². The lowest BCUT2D eigenvalue weighted by molar-refractivity contribution is 0.220. The highest BCUT2D eigenvalue weighted by atomic mass is 79.9. The molecule has 106 valence electrons. The number of rotatable bonds is 5. The summed E-state index contributed by atoms with van der Waals surface area (Å²) in [5.74, 6) is 0. The van der Waals surface area contributed by atoms with E-state index in [0.717, 1.165) is 22.0 Å². The molecule has 0 saturated carbocycles. The van der Waals surface area contributed by atoms with Crippen LogP contribution in [0.3, 0.4) is 0 Å². The van der Waals surface area contributed by atoms with Gasteiger partial charge in [0.15, 0.2) is 0 Å². The van der Waals surface area contributed by atoms with Crippen LogP contribution in [0.4, 0.5) is 0 Å². The molecule has 1 atom stereocenters. The molecule has 0 fully saturated rings. The number of aliphatic hydroxyl groups excluding tert-OH is 1. The van der Waals surface area contributed by atoms with Gasteiger partial charge in [-0.25, -0.2) is 0 Å². The van der Waals surface area contributed by atoms with Crippen LogP contribution in [0.25, 0.3) is 0 Å². The van der Waals surface area contributed by atoms with Crippen molar-refractivity contribution in [1.82, 2.24) is 0 Å². The van der Waals surface area contributed by atoms with E-state index in [4.69, 9.17) is 0 Å². The zero-order chi connectivity index (χ0) is 14.5. The Morgan fingerprint density at radius 1 is 1.05 bits per heavy atom. The van der Waals surface area contributed by atoms with Crippen LogP contribution in [-0.2, 0) is 6.42 Å². The van der Waals surface area contributed by atoms with E-state index in [0.29, 0.717) is 0 Å². The highest BCUT2D eigenvalue weighted by Gasteiger charge is 2.11. The summed E-state index contributed by atoms with van der Waals surface area (Å²) >= 11 is 3.52. The van der Waals surface area contributed by atoms with Crippen LogP contribution in [0.1, 0.15) is 48.1 Å². The molecule has 1 nitrogen and oxygen atoms in total. The number of unbranched alkanes of at least 4 members (excludes halogenated alkanes) is 1. The topological polar surface area (TPSA) is 20.2 Å². The highest BCUT2D eigenvalue weighted by molar-refractivity contribution is 9.10. The van der Waals surface area contributed by atoms with Crippen molar-refractivity contribution in [2.45, 2.75) is 39.2 Å². The van der Waals surface area contributed by atoms with Gasteiger partial charge in [-0.05, 0) is 48.1 Å². The maximum Gasteiger partial charge on any atom is 0.104 e. The maximum absolute atomic E-state index is 10.5. The first kappa shape index (κ1) is 15.3. The Balaban J connectivity index is 2.15. The van der Waals surface area contributed by atoms with Crippen molar-refractivity contribution in [3.05, 3.63) is 69.2 Å². The molecule has 0 aliphatic rings. The molecular weight excluding hydrogens is 312 g/mol. The van der Waals surface area contributed by atoms with Crippen LogP contribution in [0, 0.1) is 6.92 Å². The minimum absolute atomic E-state index is 0.563. The lowest BCUT2D eigenvalue weighted by Gasteiger charge is -2.13. The Hall–Kier alpha value is -1.12. The fourth-order valence-electron chi connectivity index (χ4n) is 2.22. The van der Waals surface area contributed by atoms with E-state index >= 15 is 0 Å². The van der Waals surface area contributed by atoms with Crippen LogP contribution < -0.4 is 0 Å². The molecule has 0 aliphatic heterocycles. The Bertz CT molecular complexity index is 560. The summed E-state index contributed by atoms with van der Waals surface area (Å²) in [4.78, 5) is 0. The molecule has 0 bridgehead atoms. The van der Waals surface area contributed by atoms with E-state index in [1.54, 1.807) is 0 Å². The van der Waals surface area contributed by atoms with Crippen molar-refractivity contribution in [3.63, 3.8) is 0 Å². The minimum atomic E-state index is -0.563. The maximum atomic E-state index is 10.5. The number of hydrogen-bond donors (Lipinski definition) is 1. The predicted molar refractivity (Wildman–Crippen MR) is 88.0 cm³/mol. The van der Waals surface area contributed by atoms with Crippen molar-refractivity contribution < 1.29 is 5.11 Å². The van der Waals surface area contributed by atoms with Gasteiger partial charge in [0, 0.05) is 4.47 Å². The van der Waals surface area contributed by atoms with E-state index in [1.807, 2.05) is 37.3 Å². The molecule has 0 radical (unpaired) electrons. The monoisotopic (exact) mass is 332 g/mol. The molecule has 0 aromatic heterocycles. The van der Waals surface area contributed by atoms with Crippen LogP contribution in [-0.4, -0.2) is 5.11 Å². The van der Waals surface area contributed by atoms with E-state index in [2.05, 4.69) is 35.0 Å². The van der Waals surface area contributed by atoms with Gasteiger partial charge in [-0.2, -0.15) is 0 Å². The lowest BCUT2D eigenvalue weighted by Crippen LogP contribution is -2.00. The molecule has 1 N–H and O–H groups in total. The zero-order valence-electron chi connectivity index (χ0n) is 12.1. The average molecular weight is 333 g/mol. The second kappa shape index (κ2) is 7.05. The summed E-state index contributed by atoms with van der Waals surface area (Å²) in [6.45, 7) is 4.25. The standard InChI is InChI=1S/C18H21BrO/c1-3-4-5-14-7-10-15(11-8-14)18(20)16-9-6-13(2)17(19)12-16/h6-12,18,20H,3-5H2,1-2H3. The predicted octanol–water partition coefficient (Wildman–Crippen LogP) is 5.18. The fraction of sp³-hybridized carbons (Fsp3) is 0.333. The van der Waals surface area contributed by atoms with Gasteiger partial charge < -0.3 is 5.11 Å². The molecule has 2 aromatic carbocycles. The van der Waals surface area contributed by atoms with Crippen LogP contribution >= 0.6 is 15.9 Å². The summed E-state index contributed by atoms with van der Waals surface area (Å²) in [5.41, 5.74) is 4.38. The fourth-order valence-corrected chi connectivity index (χ4v) is 2.62. The number of halogens is 1. The van der Waals surface area contributed by atoms with E-state index in [1.165, 1.54) is 24.0 Å². The summed E-state index contributed by atoms with van der Waals surface area (Å²) < 4.78 is 1.04. The van der Waals surface area contributed by atoms with Crippen molar-refractivity contribution in [3.8, 4) is 0 Å². The van der Waals surface area contributed by atoms with Crippen molar-refractivity contribution >= 4 is 15.9 Å². The van der Waals surface area contributed by atoms with Gasteiger partial charge in [-0.1, -0.05) is 65.7 Å². The molecule has 2 aromatic rings. The molecule has 0 aliphatic carbocycles. The highest BCUT2D eigenvalue weighted by Crippen LogP contribution is 2.26. The third kappa shape index (κ3) is 3.71. The van der Waals surface area contributed by atoms with E-state index in [-0.39, 0.29) is 0 Å². The Labute approximate surface area is 129 Å². The second-order valence-electron chi connectivity index (χ2n) is 5.26. The van der Waals surface area contributed by atoms with Crippen molar-refractivity contribution in [1.29, 1.82) is 0 Å². The zero-order valence-corrected chi connectivity index (χ0v) is 13.7. The largest absolute Gasteiger partial charge is 0.384 e. The first-order valence-electron chi connectivity index (χ1n) is 7.14. The van der Waals surface area contributed by atoms with E-state index < -0.39 is 6.10 Å².